The van der Waals surface area contributed by atoms with Gasteiger partial charge in [0.05, 0.1) is 12.3 Å². The van der Waals surface area contributed by atoms with Crippen molar-refractivity contribution in [1.29, 1.82) is 0 Å². The monoisotopic (exact) mass is 553 g/mol. The van der Waals surface area contributed by atoms with Crippen molar-refractivity contribution in [2.45, 2.75) is 13.8 Å². The summed E-state index contributed by atoms with van der Waals surface area (Å²) in [4.78, 5) is 43.6. The van der Waals surface area contributed by atoms with Crippen molar-refractivity contribution in [1.82, 2.24) is 9.55 Å². The predicted molar refractivity (Wildman–Crippen MR) is 157 cm³/mol. The topological polar surface area (TPSA) is 99.5 Å². The number of carbonyl (C=O) groups excluding carboxylic acids is 2. The molecule has 0 atom stereocenters. The summed E-state index contributed by atoms with van der Waals surface area (Å²) in [6.45, 7) is 3.94. The van der Waals surface area contributed by atoms with Crippen molar-refractivity contribution < 1.29 is 19.1 Å². The Morgan fingerprint density at radius 3 is 2.33 bits per heavy atom. The molecule has 0 saturated heterocycles. The second-order valence-corrected chi connectivity index (χ2v) is 9.98. The molecule has 2 heterocycles. The number of anilines is 1. The minimum absolute atomic E-state index is 0.0763. The first-order chi connectivity index (χ1) is 19.4. The average molecular weight is 554 g/mol. The normalized spacial score (nSPS) is 10.9. The lowest BCUT2D eigenvalue weighted by molar-refractivity contribution is -0.119. The van der Waals surface area contributed by atoms with Crippen LogP contribution in [0.3, 0.4) is 0 Å². The van der Waals surface area contributed by atoms with Crippen LogP contribution in [0, 0.1) is 6.92 Å². The number of benzene rings is 3. The number of fused-ring (bicyclic) bond motifs is 1. The van der Waals surface area contributed by atoms with Gasteiger partial charge in [0.1, 0.15) is 11.4 Å². The highest BCUT2D eigenvalue weighted by molar-refractivity contribution is 7.14. The molecule has 202 valence electrons. The van der Waals surface area contributed by atoms with Gasteiger partial charge in [-0.05, 0) is 55.1 Å². The van der Waals surface area contributed by atoms with Crippen LogP contribution in [0.2, 0.25) is 0 Å². The van der Waals surface area contributed by atoms with Crippen LogP contribution in [-0.2, 0) is 16.6 Å². The molecule has 5 aromatic rings. The van der Waals surface area contributed by atoms with E-state index in [2.05, 4.69) is 10.3 Å². The number of ether oxygens (including phenoxy) is 2. The summed E-state index contributed by atoms with van der Waals surface area (Å²) in [6, 6.07) is 22.3. The van der Waals surface area contributed by atoms with Gasteiger partial charge in [0.25, 0.3) is 11.5 Å². The first-order valence-corrected chi connectivity index (χ1v) is 13.6. The Balaban J connectivity index is 1.35. The number of nitrogens with zero attached hydrogens (tertiary/aromatic N) is 2. The molecular weight excluding hydrogens is 526 g/mol. The zero-order valence-electron chi connectivity index (χ0n) is 22.3. The molecule has 2 aromatic heterocycles. The van der Waals surface area contributed by atoms with E-state index in [1.807, 2.05) is 73.8 Å². The molecule has 0 aliphatic heterocycles. The van der Waals surface area contributed by atoms with Crippen molar-refractivity contribution in [3.63, 3.8) is 0 Å². The van der Waals surface area contributed by atoms with Crippen molar-refractivity contribution >= 4 is 39.1 Å². The summed E-state index contributed by atoms with van der Waals surface area (Å²) < 4.78 is 12.2. The number of nitrogens with one attached hydrogen (secondary N) is 1. The largest absolute Gasteiger partial charge is 0.494 e. The van der Waals surface area contributed by atoms with Gasteiger partial charge in [-0.3, -0.25) is 14.9 Å². The van der Waals surface area contributed by atoms with Crippen LogP contribution >= 0.6 is 11.3 Å². The van der Waals surface area contributed by atoms with E-state index < -0.39 is 18.5 Å². The Morgan fingerprint density at radius 2 is 1.62 bits per heavy atom. The zero-order valence-corrected chi connectivity index (χ0v) is 23.1. The van der Waals surface area contributed by atoms with Gasteiger partial charge in [-0.25, -0.2) is 9.78 Å². The predicted octanol–water partition coefficient (Wildman–Crippen LogP) is 5.83. The summed E-state index contributed by atoms with van der Waals surface area (Å²) in [6.07, 6.45) is 0. The van der Waals surface area contributed by atoms with Crippen LogP contribution in [0.4, 0.5) is 5.13 Å². The van der Waals surface area contributed by atoms with E-state index in [0.29, 0.717) is 33.8 Å². The van der Waals surface area contributed by atoms with Gasteiger partial charge in [-0.1, -0.05) is 48.0 Å². The third kappa shape index (κ3) is 5.50. The van der Waals surface area contributed by atoms with E-state index in [9.17, 15) is 14.4 Å². The Kier molecular flexibility index (Phi) is 7.75. The molecule has 0 fully saturated rings. The van der Waals surface area contributed by atoms with E-state index in [0.717, 1.165) is 22.4 Å². The molecule has 0 bridgehead atoms. The molecular formula is C31H27N3O5S. The summed E-state index contributed by atoms with van der Waals surface area (Å²) in [5, 5.41) is 6.01. The van der Waals surface area contributed by atoms with Gasteiger partial charge < -0.3 is 14.0 Å². The molecule has 1 amide bonds. The first kappa shape index (κ1) is 26.8. The lowest BCUT2D eigenvalue weighted by Gasteiger charge is -2.17. The molecule has 40 heavy (non-hydrogen) atoms. The number of amides is 1. The van der Waals surface area contributed by atoms with Gasteiger partial charge in [-0.15, -0.1) is 11.3 Å². The Labute approximate surface area is 234 Å². The minimum atomic E-state index is -0.773. The van der Waals surface area contributed by atoms with Crippen LogP contribution in [0.5, 0.6) is 5.75 Å². The highest BCUT2D eigenvalue weighted by Gasteiger charge is 2.23. The van der Waals surface area contributed by atoms with E-state index in [1.54, 1.807) is 18.2 Å². The number of aromatic nitrogens is 2. The maximum Gasteiger partial charge on any atom is 0.356 e. The number of carbonyl (C=O) groups is 2. The van der Waals surface area contributed by atoms with Crippen molar-refractivity contribution in [3.8, 4) is 28.1 Å². The number of pyridine rings is 1. The second kappa shape index (κ2) is 11.5. The molecule has 0 radical (unpaired) electrons. The number of esters is 1. The van der Waals surface area contributed by atoms with E-state index in [1.165, 1.54) is 23.0 Å². The third-order valence-electron chi connectivity index (χ3n) is 6.38. The lowest BCUT2D eigenvalue weighted by atomic mass is 9.96. The standard InChI is InChI=1S/C31H27N3O5S/c1-4-38-22-15-13-20(14-16-22)25-18-40-31(32-25)33-26(35)17-39-30(37)28-27(21-11-9-19(2)10-12-21)23-7-5-6-8-24(23)29(36)34(28)3/h5-16,18H,4,17H2,1-3H3,(H,32,33,35). The van der Waals surface area contributed by atoms with E-state index in [4.69, 9.17) is 9.47 Å². The molecule has 1 N–H and O–H groups in total. The number of aryl methyl sites for hydroxylation is 1. The van der Waals surface area contributed by atoms with Gasteiger partial charge in [0, 0.05) is 28.9 Å². The van der Waals surface area contributed by atoms with Crippen LogP contribution < -0.4 is 15.6 Å². The minimum Gasteiger partial charge on any atom is -0.494 e. The third-order valence-corrected chi connectivity index (χ3v) is 7.14. The smallest absolute Gasteiger partial charge is 0.356 e. The molecule has 5 rings (SSSR count). The Morgan fingerprint density at radius 1 is 0.950 bits per heavy atom. The molecule has 3 aromatic carbocycles. The number of thiazole rings is 1. The Bertz CT molecular complexity index is 1760. The summed E-state index contributed by atoms with van der Waals surface area (Å²) in [5.74, 6) is -0.541. The van der Waals surface area contributed by atoms with Crippen molar-refractivity contribution in [3.05, 3.63) is 99.8 Å². The van der Waals surface area contributed by atoms with E-state index >= 15 is 0 Å². The number of hydrogen-bond acceptors (Lipinski definition) is 7. The summed E-state index contributed by atoms with van der Waals surface area (Å²) >= 11 is 1.26. The fourth-order valence-electron chi connectivity index (χ4n) is 4.42. The maximum atomic E-state index is 13.4. The highest BCUT2D eigenvalue weighted by atomic mass is 32.1. The first-order valence-electron chi connectivity index (χ1n) is 12.7. The van der Waals surface area contributed by atoms with Gasteiger partial charge in [0.2, 0.25) is 0 Å². The average Bonchev–Trinajstić information content (AvgIpc) is 3.43. The second-order valence-electron chi connectivity index (χ2n) is 9.12. The molecule has 0 spiro atoms. The van der Waals surface area contributed by atoms with Gasteiger partial charge >= 0.3 is 5.97 Å². The molecule has 0 unspecified atom stereocenters. The van der Waals surface area contributed by atoms with E-state index in [-0.39, 0.29) is 11.3 Å². The summed E-state index contributed by atoms with van der Waals surface area (Å²) in [5.41, 5.74) is 3.73. The van der Waals surface area contributed by atoms with Crippen LogP contribution in [0.1, 0.15) is 23.0 Å². The number of hydrogen-bond donors (Lipinski definition) is 1. The fraction of sp³-hybridized carbons (Fsp3) is 0.161. The maximum absolute atomic E-state index is 13.4. The van der Waals surface area contributed by atoms with Crippen LogP contribution in [0.15, 0.2) is 83.0 Å². The lowest BCUT2D eigenvalue weighted by Crippen LogP contribution is -2.28. The SMILES string of the molecule is CCOc1ccc(-c2csc(NC(=O)COC(=O)c3c(-c4ccc(C)cc4)c4ccccc4c(=O)n3C)n2)cc1. The molecule has 0 aliphatic rings. The molecule has 8 nitrogen and oxygen atoms in total. The molecule has 0 aliphatic carbocycles. The number of rotatable bonds is 8. The fourth-order valence-corrected chi connectivity index (χ4v) is 5.16. The molecule has 9 heteroatoms. The van der Waals surface area contributed by atoms with Crippen LogP contribution in [0.25, 0.3) is 33.2 Å². The summed E-state index contributed by atoms with van der Waals surface area (Å²) in [7, 11) is 1.53. The van der Waals surface area contributed by atoms with Crippen molar-refractivity contribution in [2.75, 3.05) is 18.5 Å². The van der Waals surface area contributed by atoms with Gasteiger partial charge in [0.15, 0.2) is 11.7 Å². The van der Waals surface area contributed by atoms with Crippen LogP contribution in [-0.4, -0.2) is 34.6 Å². The quantitative estimate of drug-likeness (QED) is 0.243. The highest BCUT2D eigenvalue weighted by Crippen LogP contribution is 2.31. The Hall–Kier alpha value is -4.76. The zero-order chi connectivity index (χ0) is 28.2. The van der Waals surface area contributed by atoms with Gasteiger partial charge in [-0.2, -0.15) is 0 Å². The molecule has 0 saturated carbocycles. The van der Waals surface area contributed by atoms with Crippen molar-refractivity contribution in [2.24, 2.45) is 7.05 Å².